The minimum atomic E-state index is -4.08. The van der Waals surface area contributed by atoms with Crippen molar-refractivity contribution in [3.63, 3.8) is 0 Å². The van der Waals surface area contributed by atoms with E-state index in [4.69, 9.17) is 15.2 Å². The molecule has 2 aromatic carbocycles. The number of sulfonamides is 1. The number of para-hydroxylation sites is 1. The number of fused-ring (bicyclic) bond motifs is 2. The predicted octanol–water partition coefficient (Wildman–Crippen LogP) is 4.93. The number of nitrogens with two attached hydrogens (primary N) is 1. The lowest BCUT2D eigenvalue weighted by atomic mass is 9.94. The molecular weight excluding hydrogens is 693 g/mol. The molecule has 2 amide bonds. The van der Waals surface area contributed by atoms with Crippen LogP contribution in [0.15, 0.2) is 34.2 Å². The Labute approximate surface area is 303 Å². The summed E-state index contributed by atoms with van der Waals surface area (Å²) < 4.78 is 42.0. The number of amides is 2. The van der Waals surface area contributed by atoms with Crippen LogP contribution < -0.4 is 20.5 Å². The summed E-state index contributed by atoms with van der Waals surface area (Å²) in [5.41, 5.74) is 8.48. The van der Waals surface area contributed by atoms with Crippen molar-refractivity contribution in [3.05, 3.63) is 51.5 Å². The molecule has 2 aliphatic rings. The van der Waals surface area contributed by atoms with Crippen molar-refractivity contribution in [3.8, 4) is 5.75 Å². The van der Waals surface area contributed by atoms with Crippen LogP contribution in [0.25, 0.3) is 10.2 Å². The van der Waals surface area contributed by atoms with Gasteiger partial charge in [-0.15, -0.1) is 11.3 Å². The number of aromatic nitrogens is 1. The second kappa shape index (κ2) is 14.4. The van der Waals surface area contributed by atoms with Crippen LogP contribution in [0.5, 0.6) is 5.75 Å². The first-order valence-electron chi connectivity index (χ1n) is 17.1. The average molecular weight is 741 g/mol. The number of nitrogens with one attached hydrogen (secondary N) is 2. The average Bonchev–Trinajstić information content (AvgIpc) is 3.77. The van der Waals surface area contributed by atoms with Crippen molar-refractivity contribution >= 4 is 55.3 Å². The summed E-state index contributed by atoms with van der Waals surface area (Å²) in [7, 11) is -4.08. The molecule has 2 atom stereocenters. The second-order valence-electron chi connectivity index (χ2n) is 14.9. The van der Waals surface area contributed by atoms with Gasteiger partial charge in [0, 0.05) is 31.6 Å². The lowest BCUT2D eigenvalue weighted by Crippen LogP contribution is -2.45. The predicted molar refractivity (Wildman–Crippen MR) is 197 cm³/mol. The fourth-order valence-corrected chi connectivity index (χ4v) is 9.00. The molecule has 276 valence electrons. The van der Waals surface area contributed by atoms with E-state index in [0.29, 0.717) is 42.5 Å². The zero-order valence-corrected chi connectivity index (χ0v) is 32.1. The van der Waals surface area contributed by atoms with Gasteiger partial charge in [-0.05, 0) is 103 Å². The summed E-state index contributed by atoms with van der Waals surface area (Å²) in [6.07, 6.45) is 1.03. The molecule has 0 aliphatic carbocycles. The molecule has 0 spiro atoms. The van der Waals surface area contributed by atoms with Gasteiger partial charge >= 0.3 is 6.09 Å². The zero-order valence-electron chi connectivity index (χ0n) is 30.5. The van der Waals surface area contributed by atoms with Gasteiger partial charge in [0.2, 0.25) is 17.6 Å². The third-order valence-corrected chi connectivity index (χ3v) is 11.8. The van der Waals surface area contributed by atoms with Crippen LogP contribution in [0, 0.1) is 26.7 Å². The molecule has 1 fully saturated rings. The van der Waals surface area contributed by atoms with Gasteiger partial charge in [0.1, 0.15) is 17.0 Å². The highest BCUT2D eigenvalue weighted by atomic mass is 32.2. The van der Waals surface area contributed by atoms with Gasteiger partial charge in [-0.3, -0.25) is 14.6 Å². The first kappa shape index (κ1) is 38.0. The normalized spacial score (nSPS) is 17.9. The number of ether oxygens (including phenoxy) is 2. The number of likely N-dealkylation sites (tertiary alicyclic amines) is 1. The SMILES string of the molecule is Cc1c(C)c(S(=O)(=O)NC(N)=NCCCC(NC(=O)[C@H]2CCN(C(=O)OC(C)(C)C)C2)C(=O)c2nc3ccccc3s2)c(C)c2c1OC(C)(C)C2. The molecule has 0 radical (unpaired) electrons. The molecular formula is C36H48N6O7S2. The molecule has 51 heavy (non-hydrogen) atoms. The van der Waals surface area contributed by atoms with Gasteiger partial charge in [0.15, 0.2) is 5.01 Å². The third kappa shape index (κ3) is 8.63. The van der Waals surface area contributed by atoms with E-state index in [1.165, 1.54) is 16.2 Å². The van der Waals surface area contributed by atoms with Crippen LogP contribution in [-0.2, 0) is 26.0 Å². The molecule has 0 saturated carbocycles. The highest BCUT2D eigenvalue weighted by Crippen LogP contribution is 2.43. The van der Waals surface area contributed by atoms with Crippen molar-refractivity contribution in [2.24, 2.45) is 16.6 Å². The van der Waals surface area contributed by atoms with Crippen molar-refractivity contribution in [1.29, 1.82) is 0 Å². The topological polar surface area (TPSA) is 182 Å². The summed E-state index contributed by atoms with van der Waals surface area (Å²) >= 11 is 1.25. The van der Waals surface area contributed by atoms with E-state index in [9.17, 15) is 22.8 Å². The number of thiazole rings is 1. The molecule has 1 unspecified atom stereocenters. The minimum Gasteiger partial charge on any atom is -0.487 e. The Morgan fingerprint density at radius 1 is 1.16 bits per heavy atom. The van der Waals surface area contributed by atoms with E-state index in [2.05, 4.69) is 20.0 Å². The Balaban J connectivity index is 1.27. The van der Waals surface area contributed by atoms with Gasteiger partial charge in [0.25, 0.3) is 10.0 Å². The smallest absolute Gasteiger partial charge is 0.410 e. The lowest BCUT2D eigenvalue weighted by molar-refractivity contribution is -0.125. The molecule has 1 aromatic heterocycles. The maximum Gasteiger partial charge on any atom is 0.410 e. The van der Waals surface area contributed by atoms with E-state index in [1.54, 1.807) is 34.6 Å². The molecule has 2 aliphatic heterocycles. The number of aliphatic imine (C=N–C) groups is 1. The zero-order chi connectivity index (χ0) is 37.5. The summed E-state index contributed by atoms with van der Waals surface area (Å²) in [6.45, 7) is 15.3. The number of Topliss-reactive ketones (excluding diaryl/α,β-unsaturated/α-hetero) is 1. The number of guanidine groups is 1. The van der Waals surface area contributed by atoms with Gasteiger partial charge in [-0.1, -0.05) is 12.1 Å². The first-order chi connectivity index (χ1) is 23.8. The Bertz CT molecular complexity index is 1970. The summed E-state index contributed by atoms with van der Waals surface area (Å²) in [4.78, 5) is 50.2. The fraction of sp³-hybridized carbons (Fsp3) is 0.528. The molecule has 15 heteroatoms. The number of ketones is 1. The van der Waals surface area contributed by atoms with Crippen LogP contribution >= 0.6 is 11.3 Å². The highest BCUT2D eigenvalue weighted by Gasteiger charge is 2.38. The quantitative estimate of drug-likeness (QED) is 0.112. The monoisotopic (exact) mass is 740 g/mol. The molecule has 3 aromatic rings. The Kier molecular flexibility index (Phi) is 10.7. The number of hydrogen-bond donors (Lipinski definition) is 3. The van der Waals surface area contributed by atoms with Crippen molar-refractivity contribution < 1.29 is 32.3 Å². The van der Waals surface area contributed by atoms with Crippen LogP contribution in [0.1, 0.15) is 85.9 Å². The van der Waals surface area contributed by atoms with E-state index in [1.807, 2.05) is 45.0 Å². The fourth-order valence-electron chi connectivity index (χ4n) is 6.52. The molecule has 1 saturated heterocycles. The minimum absolute atomic E-state index is 0.0902. The molecule has 3 heterocycles. The number of hydrogen-bond acceptors (Lipinski definition) is 10. The summed E-state index contributed by atoms with van der Waals surface area (Å²) in [5, 5.41) is 3.17. The van der Waals surface area contributed by atoms with Gasteiger partial charge in [-0.25, -0.2) is 22.9 Å². The van der Waals surface area contributed by atoms with Crippen LogP contribution in [0.2, 0.25) is 0 Å². The van der Waals surface area contributed by atoms with Crippen LogP contribution in [0.3, 0.4) is 0 Å². The highest BCUT2D eigenvalue weighted by molar-refractivity contribution is 7.90. The Morgan fingerprint density at radius 2 is 1.86 bits per heavy atom. The third-order valence-electron chi connectivity index (χ3n) is 9.08. The van der Waals surface area contributed by atoms with Crippen LogP contribution in [0.4, 0.5) is 4.79 Å². The van der Waals surface area contributed by atoms with Gasteiger partial charge in [0.05, 0.1) is 27.1 Å². The molecule has 4 N–H and O–H groups in total. The van der Waals surface area contributed by atoms with Crippen molar-refractivity contribution in [2.75, 3.05) is 19.6 Å². The first-order valence-corrected chi connectivity index (χ1v) is 19.4. The maximum atomic E-state index is 13.8. The standard InChI is InChI=1S/C36H48N6O7S2/c1-20-21(2)30(22(3)24-18-36(7,8)48-29(20)24)51(46,47)41-33(37)38-16-11-13-26(28(43)32-40-25-12-9-10-14-27(25)50-32)39-31(44)23-15-17-42(19-23)34(45)49-35(4,5)6/h9-10,12,14,23,26H,11,13,15-19H2,1-8H3,(H,39,44)(H3,37,38,41)/t23-,26?/m0/s1. The number of nitrogens with zero attached hydrogens (tertiary/aromatic N) is 3. The van der Waals surface area contributed by atoms with E-state index >= 15 is 0 Å². The van der Waals surface area contributed by atoms with Crippen molar-refractivity contribution in [2.45, 2.75) is 103 Å². The number of carbonyl (C=O) groups is 3. The van der Waals surface area contributed by atoms with Gasteiger partial charge < -0.3 is 25.4 Å². The molecule has 13 nitrogen and oxygen atoms in total. The van der Waals surface area contributed by atoms with E-state index < -0.39 is 39.3 Å². The number of benzene rings is 2. The van der Waals surface area contributed by atoms with Crippen LogP contribution in [-0.4, -0.2) is 78.9 Å². The number of carbonyl (C=O) groups excluding carboxylic acids is 3. The van der Waals surface area contributed by atoms with Gasteiger partial charge in [-0.2, -0.15) is 0 Å². The Morgan fingerprint density at radius 3 is 2.55 bits per heavy atom. The molecule has 0 bridgehead atoms. The number of rotatable bonds is 10. The van der Waals surface area contributed by atoms with E-state index in [-0.39, 0.29) is 47.1 Å². The molecule has 5 rings (SSSR count). The Hall–Kier alpha value is -4.24. The second-order valence-corrected chi connectivity index (χ2v) is 17.5. The summed E-state index contributed by atoms with van der Waals surface area (Å²) in [6, 6.07) is 6.48. The van der Waals surface area contributed by atoms with Crippen molar-refractivity contribution in [1.82, 2.24) is 19.9 Å². The van der Waals surface area contributed by atoms with E-state index in [0.717, 1.165) is 21.6 Å². The largest absolute Gasteiger partial charge is 0.487 e. The lowest BCUT2D eigenvalue weighted by Gasteiger charge is -2.24. The maximum absolute atomic E-state index is 13.8. The summed E-state index contributed by atoms with van der Waals surface area (Å²) in [5.74, 6) is -0.755.